The largest absolute Gasteiger partial charge is 0.291 e. The molecule has 1 saturated carbocycles. The molecular weight excluding hydrogens is 230 g/mol. The van der Waals surface area contributed by atoms with Gasteiger partial charge in [0.1, 0.15) is 0 Å². The molecule has 0 aromatic heterocycles. The standard InChI is InChI=1S/C18H25N/c1-14-12-15(2)19(14)18-11-7-6-10-17(18)13-16-8-4-3-5-9-16/h3-5,8-9,13-15,18H,6-7,10-12H2,1-2H3/b17-13-. The van der Waals surface area contributed by atoms with Gasteiger partial charge < -0.3 is 0 Å². The number of rotatable bonds is 2. The average molecular weight is 255 g/mol. The predicted molar refractivity (Wildman–Crippen MR) is 82.1 cm³/mol. The maximum atomic E-state index is 2.74. The summed E-state index contributed by atoms with van der Waals surface area (Å²) in [6.07, 6.45) is 9.22. The van der Waals surface area contributed by atoms with E-state index in [0.717, 1.165) is 12.1 Å². The lowest BCUT2D eigenvalue weighted by Gasteiger charge is -2.52. The van der Waals surface area contributed by atoms with Gasteiger partial charge in [-0.2, -0.15) is 0 Å². The number of benzene rings is 1. The molecule has 1 aliphatic carbocycles. The molecule has 1 aromatic rings. The van der Waals surface area contributed by atoms with Crippen molar-refractivity contribution >= 4 is 6.08 Å². The van der Waals surface area contributed by atoms with Crippen molar-refractivity contribution < 1.29 is 0 Å². The first kappa shape index (κ1) is 12.9. The first-order valence-corrected chi connectivity index (χ1v) is 7.78. The van der Waals surface area contributed by atoms with Crippen molar-refractivity contribution in [3.63, 3.8) is 0 Å². The third-order valence-corrected chi connectivity index (χ3v) is 4.83. The summed E-state index contributed by atoms with van der Waals surface area (Å²) in [5, 5.41) is 0. The zero-order valence-corrected chi connectivity index (χ0v) is 12.2. The third-order valence-electron chi connectivity index (χ3n) is 4.83. The molecule has 1 aliphatic heterocycles. The van der Waals surface area contributed by atoms with Gasteiger partial charge in [-0.3, -0.25) is 4.90 Å². The van der Waals surface area contributed by atoms with Crippen LogP contribution in [0.15, 0.2) is 35.9 Å². The van der Waals surface area contributed by atoms with Crippen LogP contribution in [0, 0.1) is 0 Å². The van der Waals surface area contributed by atoms with Crippen LogP contribution in [-0.2, 0) is 0 Å². The second kappa shape index (κ2) is 5.50. The molecule has 1 aromatic carbocycles. The number of hydrogen-bond donors (Lipinski definition) is 0. The van der Waals surface area contributed by atoms with Crippen molar-refractivity contribution in [1.29, 1.82) is 0 Å². The van der Waals surface area contributed by atoms with Crippen LogP contribution >= 0.6 is 0 Å². The van der Waals surface area contributed by atoms with Crippen molar-refractivity contribution in [2.45, 2.75) is 64.1 Å². The molecule has 3 unspecified atom stereocenters. The summed E-state index contributed by atoms with van der Waals surface area (Å²) in [6, 6.07) is 13.1. The second-order valence-corrected chi connectivity index (χ2v) is 6.27. The predicted octanol–water partition coefficient (Wildman–Crippen LogP) is 4.50. The molecule has 3 atom stereocenters. The van der Waals surface area contributed by atoms with Crippen molar-refractivity contribution in [3.05, 3.63) is 41.5 Å². The number of hydrogen-bond acceptors (Lipinski definition) is 1. The van der Waals surface area contributed by atoms with E-state index in [0.29, 0.717) is 6.04 Å². The molecule has 0 N–H and O–H groups in total. The van der Waals surface area contributed by atoms with E-state index in [9.17, 15) is 0 Å². The molecule has 102 valence electrons. The fourth-order valence-electron chi connectivity index (χ4n) is 3.94. The van der Waals surface area contributed by atoms with Gasteiger partial charge in [0.15, 0.2) is 0 Å². The van der Waals surface area contributed by atoms with E-state index in [1.165, 1.54) is 37.7 Å². The molecule has 1 nitrogen and oxygen atoms in total. The quantitative estimate of drug-likeness (QED) is 0.752. The minimum absolute atomic E-state index is 0.702. The molecular formula is C18H25N. The Hall–Kier alpha value is -1.08. The van der Waals surface area contributed by atoms with Crippen LogP contribution in [0.2, 0.25) is 0 Å². The first-order valence-electron chi connectivity index (χ1n) is 7.78. The Kier molecular flexibility index (Phi) is 3.74. The van der Waals surface area contributed by atoms with Crippen molar-refractivity contribution in [3.8, 4) is 0 Å². The molecule has 1 heteroatoms. The van der Waals surface area contributed by atoms with Crippen LogP contribution in [0.25, 0.3) is 6.08 Å². The van der Waals surface area contributed by atoms with Gasteiger partial charge in [0.25, 0.3) is 0 Å². The highest BCUT2D eigenvalue weighted by Gasteiger charge is 2.38. The molecule has 2 fully saturated rings. The molecule has 0 bridgehead atoms. The zero-order chi connectivity index (χ0) is 13.2. The van der Waals surface area contributed by atoms with Crippen LogP contribution in [0.1, 0.15) is 51.5 Å². The summed E-state index contributed by atoms with van der Waals surface area (Å²) < 4.78 is 0. The molecule has 0 radical (unpaired) electrons. The average Bonchev–Trinajstić information content (AvgIpc) is 2.42. The monoisotopic (exact) mass is 255 g/mol. The van der Waals surface area contributed by atoms with Crippen molar-refractivity contribution in [2.75, 3.05) is 0 Å². The third kappa shape index (κ3) is 2.62. The summed E-state index contributed by atoms with van der Waals surface area (Å²) in [5.41, 5.74) is 3.03. The Morgan fingerprint density at radius 2 is 1.79 bits per heavy atom. The van der Waals surface area contributed by atoms with Crippen LogP contribution in [-0.4, -0.2) is 23.0 Å². The lowest BCUT2D eigenvalue weighted by molar-refractivity contribution is -0.000523. The van der Waals surface area contributed by atoms with Crippen LogP contribution in [0.5, 0.6) is 0 Å². The Bertz CT molecular complexity index is 440. The van der Waals surface area contributed by atoms with Crippen molar-refractivity contribution in [2.24, 2.45) is 0 Å². The zero-order valence-electron chi connectivity index (χ0n) is 12.2. The van der Waals surface area contributed by atoms with E-state index in [4.69, 9.17) is 0 Å². The van der Waals surface area contributed by atoms with Crippen LogP contribution in [0.3, 0.4) is 0 Å². The smallest absolute Gasteiger partial charge is 0.0316 e. The van der Waals surface area contributed by atoms with Gasteiger partial charge in [-0.25, -0.2) is 0 Å². The van der Waals surface area contributed by atoms with Gasteiger partial charge >= 0.3 is 0 Å². The Labute approximate surface area is 117 Å². The van der Waals surface area contributed by atoms with Gasteiger partial charge in [-0.15, -0.1) is 0 Å². The minimum Gasteiger partial charge on any atom is -0.291 e. The van der Waals surface area contributed by atoms with Gasteiger partial charge in [0.05, 0.1) is 0 Å². The van der Waals surface area contributed by atoms with Gasteiger partial charge in [-0.05, 0) is 45.1 Å². The SMILES string of the molecule is CC1CC(C)N1C1CCCC/C1=C/c1ccccc1. The summed E-state index contributed by atoms with van der Waals surface area (Å²) in [6.45, 7) is 4.77. The van der Waals surface area contributed by atoms with Crippen molar-refractivity contribution in [1.82, 2.24) is 4.90 Å². The molecule has 3 rings (SSSR count). The fourth-order valence-corrected chi connectivity index (χ4v) is 3.94. The molecule has 0 amide bonds. The van der Waals surface area contributed by atoms with Crippen LogP contribution < -0.4 is 0 Å². The maximum Gasteiger partial charge on any atom is 0.0316 e. The number of likely N-dealkylation sites (tertiary alicyclic amines) is 1. The summed E-state index contributed by atoms with van der Waals surface area (Å²) in [4.78, 5) is 2.74. The summed E-state index contributed by atoms with van der Waals surface area (Å²) in [7, 11) is 0. The van der Waals surface area contributed by atoms with E-state index in [-0.39, 0.29) is 0 Å². The highest BCUT2D eigenvalue weighted by molar-refractivity contribution is 5.54. The van der Waals surface area contributed by atoms with E-state index in [1.807, 2.05) is 0 Å². The summed E-state index contributed by atoms with van der Waals surface area (Å²) in [5.74, 6) is 0. The van der Waals surface area contributed by atoms with E-state index in [2.05, 4.69) is 55.2 Å². The van der Waals surface area contributed by atoms with E-state index >= 15 is 0 Å². The highest BCUT2D eigenvalue weighted by Crippen LogP contribution is 2.37. The topological polar surface area (TPSA) is 3.24 Å². The molecule has 2 aliphatic rings. The lowest BCUT2D eigenvalue weighted by atomic mass is 9.82. The first-order chi connectivity index (χ1) is 9.25. The minimum atomic E-state index is 0.702. The fraction of sp³-hybridized carbons (Fsp3) is 0.556. The number of nitrogens with zero attached hydrogens (tertiary/aromatic N) is 1. The molecule has 1 heterocycles. The maximum absolute atomic E-state index is 2.74. The molecule has 19 heavy (non-hydrogen) atoms. The second-order valence-electron chi connectivity index (χ2n) is 6.27. The molecule has 0 spiro atoms. The highest BCUT2D eigenvalue weighted by atomic mass is 15.3. The Morgan fingerprint density at radius 1 is 1.05 bits per heavy atom. The normalized spacial score (nSPS) is 34.2. The lowest BCUT2D eigenvalue weighted by Crippen LogP contribution is -2.58. The Balaban J connectivity index is 1.83. The summed E-state index contributed by atoms with van der Waals surface area (Å²) >= 11 is 0. The van der Waals surface area contributed by atoms with E-state index in [1.54, 1.807) is 5.57 Å². The van der Waals surface area contributed by atoms with Gasteiger partial charge in [0.2, 0.25) is 0 Å². The van der Waals surface area contributed by atoms with Gasteiger partial charge in [-0.1, -0.05) is 48.4 Å². The Morgan fingerprint density at radius 3 is 2.47 bits per heavy atom. The molecule has 1 saturated heterocycles. The van der Waals surface area contributed by atoms with Gasteiger partial charge in [0, 0.05) is 18.1 Å². The van der Waals surface area contributed by atoms with E-state index < -0.39 is 0 Å². The van der Waals surface area contributed by atoms with Crippen LogP contribution in [0.4, 0.5) is 0 Å².